The largest absolute Gasteiger partial charge is 0.508 e. The van der Waals surface area contributed by atoms with E-state index < -0.39 is 0 Å². The number of oxazole rings is 1. The monoisotopic (exact) mass is 239 g/mol. The van der Waals surface area contributed by atoms with Gasteiger partial charge < -0.3 is 9.52 Å². The Morgan fingerprint density at radius 3 is 2.85 bits per heavy atom. The van der Waals surface area contributed by atoms with Gasteiger partial charge in [-0.15, -0.1) is 0 Å². The molecule has 0 bridgehead atoms. The van der Waals surface area contributed by atoms with Gasteiger partial charge in [-0.3, -0.25) is 0 Å². The molecule has 0 unspecified atom stereocenters. The molecule has 0 amide bonds. The van der Waals surface area contributed by atoms with Crippen LogP contribution in [0.2, 0.25) is 0 Å². The number of hydrogen-bond acceptors (Lipinski definition) is 3. The van der Waals surface area contributed by atoms with Gasteiger partial charge in [0.1, 0.15) is 5.75 Å². The predicted molar refractivity (Wildman–Crippen MR) is 51.3 cm³/mol. The number of phenolic OH excluding ortho intramolecular Hbond substituents is 1. The Kier molecular flexibility index (Phi) is 2.06. The third kappa shape index (κ3) is 1.72. The van der Waals surface area contributed by atoms with Gasteiger partial charge >= 0.3 is 0 Å². The molecule has 4 heteroatoms. The first-order valence-electron chi connectivity index (χ1n) is 3.66. The number of phenols is 1. The van der Waals surface area contributed by atoms with Crippen LogP contribution in [0.5, 0.6) is 5.75 Å². The van der Waals surface area contributed by atoms with E-state index in [4.69, 9.17) is 4.42 Å². The summed E-state index contributed by atoms with van der Waals surface area (Å²) in [5.41, 5.74) is 0.804. The average Bonchev–Trinajstić information content (AvgIpc) is 2.52. The highest BCUT2D eigenvalue weighted by Gasteiger charge is 2.03. The number of aromatic hydroxyl groups is 1. The van der Waals surface area contributed by atoms with E-state index in [0.29, 0.717) is 10.6 Å². The summed E-state index contributed by atoms with van der Waals surface area (Å²) in [6.07, 6.45) is 1.60. The van der Waals surface area contributed by atoms with Crippen molar-refractivity contribution in [3.05, 3.63) is 35.3 Å². The van der Waals surface area contributed by atoms with Gasteiger partial charge in [-0.1, -0.05) is 12.1 Å². The minimum atomic E-state index is 0.213. The second kappa shape index (κ2) is 3.22. The fourth-order valence-electron chi connectivity index (χ4n) is 1.05. The average molecular weight is 240 g/mol. The second-order valence-electron chi connectivity index (χ2n) is 2.53. The van der Waals surface area contributed by atoms with Crippen molar-refractivity contribution in [2.45, 2.75) is 0 Å². The van der Waals surface area contributed by atoms with Crippen molar-refractivity contribution in [2.24, 2.45) is 0 Å². The van der Waals surface area contributed by atoms with Crippen LogP contribution in [-0.4, -0.2) is 10.1 Å². The minimum Gasteiger partial charge on any atom is -0.508 e. The molecule has 0 atom stereocenters. The summed E-state index contributed by atoms with van der Waals surface area (Å²) in [5.74, 6) is 0.841. The Morgan fingerprint density at radius 1 is 1.38 bits per heavy atom. The molecule has 3 nitrogen and oxygen atoms in total. The predicted octanol–water partition coefficient (Wildman–Crippen LogP) is 2.81. The van der Waals surface area contributed by atoms with Crippen LogP contribution < -0.4 is 0 Å². The summed E-state index contributed by atoms with van der Waals surface area (Å²) < 4.78 is 5.22. The lowest BCUT2D eigenvalue weighted by Gasteiger charge is -1.95. The standard InChI is InChI=1S/C9H6BrNO2/c10-9-11-5-8(13-9)6-2-1-3-7(12)4-6/h1-5,12H. The van der Waals surface area contributed by atoms with Crippen LogP contribution in [0.4, 0.5) is 0 Å². The number of aromatic nitrogens is 1. The molecule has 13 heavy (non-hydrogen) atoms. The Morgan fingerprint density at radius 2 is 2.23 bits per heavy atom. The van der Waals surface area contributed by atoms with E-state index in [1.165, 1.54) is 0 Å². The lowest BCUT2D eigenvalue weighted by Crippen LogP contribution is -1.71. The molecular weight excluding hydrogens is 234 g/mol. The summed E-state index contributed by atoms with van der Waals surface area (Å²) in [5, 5.41) is 9.21. The fourth-order valence-corrected chi connectivity index (χ4v) is 1.32. The molecule has 2 aromatic rings. The molecule has 1 aromatic heterocycles. The maximum Gasteiger partial charge on any atom is 0.264 e. The first-order valence-corrected chi connectivity index (χ1v) is 4.46. The SMILES string of the molecule is Oc1cccc(-c2cnc(Br)o2)c1. The van der Waals surface area contributed by atoms with Crippen LogP contribution in [0.3, 0.4) is 0 Å². The normalized spacial score (nSPS) is 10.2. The molecule has 0 aliphatic heterocycles. The third-order valence-corrected chi connectivity index (χ3v) is 1.97. The maximum atomic E-state index is 9.21. The van der Waals surface area contributed by atoms with E-state index in [9.17, 15) is 5.11 Å². The first kappa shape index (κ1) is 8.31. The molecule has 1 N–H and O–H groups in total. The molecule has 1 heterocycles. The van der Waals surface area contributed by atoms with E-state index in [1.807, 2.05) is 6.07 Å². The zero-order valence-electron chi connectivity index (χ0n) is 6.57. The van der Waals surface area contributed by atoms with Crippen molar-refractivity contribution in [3.63, 3.8) is 0 Å². The highest BCUT2D eigenvalue weighted by atomic mass is 79.9. The van der Waals surface area contributed by atoms with Gasteiger partial charge in [0.25, 0.3) is 4.80 Å². The van der Waals surface area contributed by atoms with Crippen molar-refractivity contribution in [1.82, 2.24) is 4.98 Å². The number of halogens is 1. The van der Waals surface area contributed by atoms with Crippen LogP contribution in [0, 0.1) is 0 Å². The molecule has 2 rings (SSSR count). The van der Waals surface area contributed by atoms with E-state index in [-0.39, 0.29) is 5.75 Å². The molecule has 66 valence electrons. The van der Waals surface area contributed by atoms with Crippen LogP contribution in [0.1, 0.15) is 0 Å². The zero-order chi connectivity index (χ0) is 9.26. The summed E-state index contributed by atoms with van der Waals surface area (Å²) in [6.45, 7) is 0. The highest BCUT2D eigenvalue weighted by molar-refractivity contribution is 9.10. The van der Waals surface area contributed by atoms with Crippen LogP contribution in [0.25, 0.3) is 11.3 Å². The second-order valence-corrected chi connectivity index (χ2v) is 3.21. The van der Waals surface area contributed by atoms with Crippen LogP contribution in [-0.2, 0) is 0 Å². The van der Waals surface area contributed by atoms with E-state index in [1.54, 1.807) is 24.4 Å². The zero-order valence-corrected chi connectivity index (χ0v) is 8.15. The molecule has 0 aliphatic rings. The Bertz CT molecular complexity index is 425. The number of benzene rings is 1. The quantitative estimate of drug-likeness (QED) is 0.833. The summed E-state index contributed by atoms with van der Waals surface area (Å²) in [6, 6.07) is 6.82. The van der Waals surface area contributed by atoms with Gasteiger partial charge in [-0.05, 0) is 12.1 Å². The Hall–Kier alpha value is -1.29. The maximum absolute atomic E-state index is 9.21. The molecule has 0 aliphatic carbocycles. The van der Waals surface area contributed by atoms with E-state index in [2.05, 4.69) is 20.9 Å². The van der Waals surface area contributed by atoms with E-state index in [0.717, 1.165) is 5.56 Å². The molecule has 0 saturated heterocycles. The summed E-state index contributed by atoms with van der Waals surface area (Å²) in [7, 11) is 0. The third-order valence-electron chi connectivity index (χ3n) is 1.61. The van der Waals surface area contributed by atoms with Gasteiger partial charge in [-0.25, -0.2) is 4.98 Å². The van der Waals surface area contributed by atoms with Crippen molar-refractivity contribution in [2.75, 3.05) is 0 Å². The number of rotatable bonds is 1. The number of hydrogen-bond donors (Lipinski definition) is 1. The highest BCUT2D eigenvalue weighted by Crippen LogP contribution is 2.25. The molecule has 0 spiro atoms. The fraction of sp³-hybridized carbons (Fsp3) is 0. The van der Waals surface area contributed by atoms with Gasteiger partial charge in [0.15, 0.2) is 5.76 Å². The molecule has 1 aromatic carbocycles. The molecular formula is C9H6BrNO2. The van der Waals surface area contributed by atoms with Crippen LogP contribution in [0.15, 0.2) is 39.7 Å². The molecule has 0 fully saturated rings. The Balaban J connectivity index is 2.46. The number of nitrogens with zero attached hydrogens (tertiary/aromatic N) is 1. The van der Waals surface area contributed by atoms with Crippen LogP contribution >= 0.6 is 15.9 Å². The van der Waals surface area contributed by atoms with Gasteiger partial charge in [0.2, 0.25) is 0 Å². The van der Waals surface area contributed by atoms with Crippen molar-refractivity contribution < 1.29 is 9.52 Å². The summed E-state index contributed by atoms with van der Waals surface area (Å²) >= 11 is 3.11. The topological polar surface area (TPSA) is 46.3 Å². The first-order chi connectivity index (χ1) is 6.25. The summed E-state index contributed by atoms with van der Waals surface area (Å²) in [4.78, 5) is 4.33. The lowest BCUT2D eigenvalue weighted by atomic mass is 10.2. The smallest absolute Gasteiger partial charge is 0.264 e. The van der Waals surface area contributed by atoms with Gasteiger partial charge in [-0.2, -0.15) is 0 Å². The lowest BCUT2D eigenvalue weighted by molar-refractivity contribution is 0.475. The van der Waals surface area contributed by atoms with Crippen molar-refractivity contribution in [3.8, 4) is 17.1 Å². The van der Waals surface area contributed by atoms with Crippen molar-refractivity contribution >= 4 is 15.9 Å². The Labute approximate surface area is 83.2 Å². The minimum absolute atomic E-state index is 0.213. The molecule has 0 saturated carbocycles. The van der Waals surface area contributed by atoms with E-state index >= 15 is 0 Å². The van der Waals surface area contributed by atoms with Crippen molar-refractivity contribution in [1.29, 1.82) is 0 Å². The van der Waals surface area contributed by atoms with Gasteiger partial charge in [0.05, 0.1) is 6.20 Å². The molecule has 0 radical (unpaired) electrons. The van der Waals surface area contributed by atoms with Gasteiger partial charge in [0, 0.05) is 21.5 Å².